The molecule has 0 aliphatic carbocycles. The summed E-state index contributed by atoms with van der Waals surface area (Å²) in [6.45, 7) is 5.17. The van der Waals surface area contributed by atoms with Gasteiger partial charge >= 0.3 is 0 Å². The highest BCUT2D eigenvalue weighted by molar-refractivity contribution is 9.10. The molecule has 1 aromatic rings. The molecule has 0 unspecified atom stereocenters. The Morgan fingerprint density at radius 3 is 2.56 bits per heavy atom. The maximum Gasteiger partial charge on any atom is 0.175 e. The second-order valence-electron chi connectivity index (χ2n) is 4.63. The number of rotatable bonds is 7. The number of halogens is 2. The van der Waals surface area contributed by atoms with Gasteiger partial charge in [0.2, 0.25) is 0 Å². The molecule has 0 aliphatic rings. The van der Waals surface area contributed by atoms with Gasteiger partial charge in [0.1, 0.15) is 0 Å². The van der Waals surface area contributed by atoms with Gasteiger partial charge in [0.05, 0.1) is 18.2 Å². The highest BCUT2D eigenvalue weighted by atomic mass is 79.9. The lowest BCUT2D eigenvalue weighted by Gasteiger charge is -2.14. The Labute approximate surface area is 126 Å². The van der Waals surface area contributed by atoms with Crippen molar-refractivity contribution in [3.05, 3.63) is 22.2 Å². The molecule has 0 amide bonds. The first-order valence-electron chi connectivity index (χ1n) is 6.13. The number of hydrogen-bond donors (Lipinski definition) is 0. The van der Waals surface area contributed by atoms with Crippen LogP contribution in [-0.2, 0) is 5.33 Å². The number of alkyl halides is 1. The molecule has 1 aromatic carbocycles. The van der Waals surface area contributed by atoms with Crippen LogP contribution in [0.15, 0.2) is 16.6 Å². The summed E-state index contributed by atoms with van der Waals surface area (Å²) in [6, 6.07) is 4.05. The number of benzene rings is 1. The number of hydrogen-bond acceptors (Lipinski definition) is 2. The van der Waals surface area contributed by atoms with Gasteiger partial charge in [-0.05, 0) is 52.4 Å². The van der Waals surface area contributed by atoms with Gasteiger partial charge in [-0.25, -0.2) is 0 Å². The Morgan fingerprint density at radius 2 is 2.00 bits per heavy atom. The summed E-state index contributed by atoms with van der Waals surface area (Å²) in [5, 5.41) is 0.801. The van der Waals surface area contributed by atoms with E-state index in [0.717, 1.165) is 45.8 Å². The quantitative estimate of drug-likeness (QED) is 0.480. The first-order valence-corrected chi connectivity index (χ1v) is 8.05. The molecule has 0 atom stereocenters. The van der Waals surface area contributed by atoms with Crippen molar-refractivity contribution >= 4 is 31.9 Å². The van der Waals surface area contributed by atoms with E-state index in [9.17, 15) is 0 Å². The van der Waals surface area contributed by atoms with Crippen molar-refractivity contribution in [1.29, 1.82) is 0 Å². The van der Waals surface area contributed by atoms with E-state index < -0.39 is 0 Å². The third-order valence-electron chi connectivity index (χ3n) is 2.62. The van der Waals surface area contributed by atoms with Crippen LogP contribution in [0.5, 0.6) is 11.5 Å². The fourth-order valence-corrected chi connectivity index (χ4v) is 2.58. The Kier molecular flexibility index (Phi) is 7.08. The minimum Gasteiger partial charge on any atom is -0.493 e. The molecule has 102 valence electrons. The van der Waals surface area contributed by atoms with Crippen LogP contribution in [0.3, 0.4) is 0 Å². The van der Waals surface area contributed by atoms with Crippen LogP contribution in [-0.4, -0.2) is 13.7 Å². The van der Waals surface area contributed by atoms with E-state index in [-0.39, 0.29) is 0 Å². The zero-order chi connectivity index (χ0) is 13.5. The van der Waals surface area contributed by atoms with E-state index in [4.69, 9.17) is 9.47 Å². The summed E-state index contributed by atoms with van der Waals surface area (Å²) in [4.78, 5) is 0. The van der Waals surface area contributed by atoms with Crippen molar-refractivity contribution in [3.8, 4) is 11.5 Å². The molecule has 0 fully saturated rings. The topological polar surface area (TPSA) is 18.5 Å². The monoisotopic (exact) mass is 378 g/mol. The van der Waals surface area contributed by atoms with Crippen LogP contribution in [0, 0.1) is 5.92 Å². The van der Waals surface area contributed by atoms with E-state index in [1.54, 1.807) is 7.11 Å². The third kappa shape index (κ3) is 4.81. The molecule has 0 bridgehead atoms. The molecular weight excluding hydrogens is 360 g/mol. The molecule has 0 aromatic heterocycles. The van der Waals surface area contributed by atoms with E-state index in [0.29, 0.717) is 0 Å². The Bertz CT molecular complexity index is 378. The van der Waals surface area contributed by atoms with E-state index in [2.05, 4.69) is 51.8 Å². The van der Waals surface area contributed by atoms with E-state index in [1.807, 2.05) is 6.07 Å². The van der Waals surface area contributed by atoms with E-state index >= 15 is 0 Å². The Balaban J connectivity index is 2.69. The van der Waals surface area contributed by atoms with Gasteiger partial charge < -0.3 is 9.47 Å². The highest BCUT2D eigenvalue weighted by Gasteiger charge is 2.11. The summed E-state index contributed by atoms with van der Waals surface area (Å²) in [5.74, 6) is 2.30. The first kappa shape index (κ1) is 15.8. The van der Waals surface area contributed by atoms with Crippen LogP contribution in [0.4, 0.5) is 0 Å². The zero-order valence-corrected chi connectivity index (χ0v) is 14.3. The van der Waals surface area contributed by atoms with Crippen molar-refractivity contribution in [3.63, 3.8) is 0 Å². The van der Waals surface area contributed by atoms with Crippen LogP contribution in [0.2, 0.25) is 0 Å². The summed E-state index contributed by atoms with van der Waals surface area (Å²) >= 11 is 6.98. The van der Waals surface area contributed by atoms with Gasteiger partial charge in [-0.3, -0.25) is 0 Å². The zero-order valence-electron chi connectivity index (χ0n) is 11.1. The average Bonchev–Trinajstić information content (AvgIpc) is 2.34. The number of ether oxygens (including phenoxy) is 2. The smallest absolute Gasteiger partial charge is 0.175 e. The molecule has 0 saturated carbocycles. The predicted molar refractivity (Wildman–Crippen MR) is 82.9 cm³/mol. The summed E-state index contributed by atoms with van der Waals surface area (Å²) < 4.78 is 12.1. The minimum absolute atomic E-state index is 0.717. The normalized spacial score (nSPS) is 10.8. The molecule has 18 heavy (non-hydrogen) atoms. The molecular formula is C14H20Br2O2. The lowest BCUT2D eigenvalue weighted by Crippen LogP contribution is -2.02. The van der Waals surface area contributed by atoms with Gasteiger partial charge in [-0.1, -0.05) is 29.8 Å². The molecule has 2 nitrogen and oxygen atoms in total. The van der Waals surface area contributed by atoms with Gasteiger partial charge in [0.15, 0.2) is 11.5 Å². The molecule has 0 spiro atoms. The van der Waals surface area contributed by atoms with Gasteiger partial charge in [0.25, 0.3) is 0 Å². The lowest BCUT2D eigenvalue weighted by atomic mass is 10.1. The van der Waals surface area contributed by atoms with Crippen LogP contribution in [0.1, 0.15) is 32.3 Å². The third-order valence-corrected chi connectivity index (χ3v) is 3.85. The predicted octanol–water partition coefficient (Wildman–Crippen LogP) is 5.17. The molecule has 0 radical (unpaired) electrons. The fourth-order valence-electron chi connectivity index (χ4n) is 1.66. The minimum atomic E-state index is 0.717. The van der Waals surface area contributed by atoms with Crippen LogP contribution >= 0.6 is 31.9 Å². The second kappa shape index (κ2) is 8.05. The lowest BCUT2D eigenvalue weighted by molar-refractivity contribution is 0.278. The Hall–Kier alpha value is -0.220. The fraction of sp³-hybridized carbons (Fsp3) is 0.571. The highest BCUT2D eigenvalue weighted by Crippen LogP contribution is 2.37. The Morgan fingerprint density at radius 1 is 1.28 bits per heavy atom. The van der Waals surface area contributed by atoms with E-state index in [1.165, 1.54) is 6.42 Å². The van der Waals surface area contributed by atoms with Gasteiger partial charge in [-0.2, -0.15) is 0 Å². The van der Waals surface area contributed by atoms with Crippen molar-refractivity contribution < 1.29 is 9.47 Å². The molecule has 0 aliphatic heterocycles. The second-order valence-corrected chi connectivity index (χ2v) is 6.04. The SMILES string of the molecule is COc1cc(CBr)cc(Br)c1OCCCC(C)C. The maximum absolute atomic E-state index is 5.82. The van der Waals surface area contributed by atoms with Crippen molar-refractivity contribution in [1.82, 2.24) is 0 Å². The largest absolute Gasteiger partial charge is 0.493 e. The molecule has 0 heterocycles. The molecule has 0 N–H and O–H groups in total. The average molecular weight is 380 g/mol. The molecule has 0 saturated heterocycles. The molecule has 1 rings (SSSR count). The number of methoxy groups -OCH3 is 1. The van der Waals surface area contributed by atoms with Gasteiger partial charge in [-0.15, -0.1) is 0 Å². The molecule has 4 heteroatoms. The van der Waals surface area contributed by atoms with Crippen LogP contribution < -0.4 is 9.47 Å². The van der Waals surface area contributed by atoms with Crippen LogP contribution in [0.25, 0.3) is 0 Å². The van der Waals surface area contributed by atoms with Crippen molar-refractivity contribution in [2.24, 2.45) is 5.92 Å². The van der Waals surface area contributed by atoms with Crippen molar-refractivity contribution in [2.45, 2.75) is 32.0 Å². The first-order chi connectivity index (χ1) is 8.58. The summed E-state index contributed by atoms with van der Waals surface area (Å²) in [5.41, 5.74) is 1.16. The maximum atomic E-state index is 5.82. The van der Waals surface area contributed by atoms with Gasteiger partial charge in [0, 0.05) is 5.33 Å². The standard InChI is InChI=1S/C14H20Br2O2/c1-10(2)5-4-6-18-14-12(16)7-11(9-15)8-13(14)17-3/h7-8,10H,4-6,9H2,1-3H3. The summed E-state index contributed by atoms with van der Waals surface area (Å²) in [6.07, 6.45) is 2.24. The van der Waals surface area contributed by atoms with Crippen molar-refractivity contribution in [2.75, 3.05) is 13.7 Å². The summed E-state index contributed by atoms with van der Waals surface area (Å²) in [7, 11) is 1.67.